The lowest BCUT2D eigenvalue weighted by atomic mass is 9.92. The fourth-order valence-electron chi connectivity index (χ4n) is 6.83. The molecule has 0 bridgehead atoms. The van der Waals surface area contributed by atoms with E-state index in [1.54, 1.807) is 6.07 Å². The Balaban J connectivity index is 1.15. The maximum Gasteiger partial charge on any atom is 0.472 e. The van der Waals surface area contributed by atoms with Gasteiger partial charge in [-0.2, -0.15) is 10.4 Å². The normalized spacial score (nSPS) is 21.5. The first kappa shape index (κ1) is 44.8. The van der Waals surface area contributed by atoms with Crippen molar-refractivity contribution in [2.45, 2.75) is 146 Å². The van der Waals surface area contributed by atoms with Crippen molar-refractivity contribution in [2.24, 2.45) is 0 Å². The van der Waals surface area contributed by atoms with Crippen molar-refractivity contribution in [2.75, 3.05) is 32.2 Å². The molecule has 1 aliphatic heterocycles. The predicted molar refractivity (Wildman–Crippen MR) is 209 cm³/mol. The average molecular weight is 788 g/mol. The van der Waals surface area contributed by atoms with Gasteiger partial charge in [0.05, 0.1) is 32.1 Å². The predicted octanol–water partition coefficient (Wildman–Crippen LogP) is 7.15. The van der Waals surface area contributed by atoms with Gasteiger partial charge in [-0.25, -0.2) is 14.1 Å². The van der Waals surface area contributed by atoms with E-state index in [0.29, 0.717) is 12.1 Å². The van der Waals surface area contributed by atoms with Crippen molar-refractivity contribution in [1.29, 1.82) is 5.26 Å². The summed E-state index contributed by atoms with van der Waals surface area (Å²) in [5, 5.41) is 36.0. The standard InChI is InChI=1S/C40H62N5O9P/c1-2-3-4-5-6-7-8-9-10-11-12-13-14-15-16-20-25-50-27-33(51-26-32-21-18-17-19-22-32)28-52-55(48,49)53-29-35-37(46)38(47)40(30-41,54-35)36-24-23-34-39(42)43-31-44-45(34)36/h17-19,21-24,31,33,35,37-38,46-47H,2-16,20,25-29H2,1H3,(H,48,49)(H2,42,43,44)/t33-,35+,37+,38+,40-/m0/s1. The molecular weight excluding hydrogens is 725 g/mol. The summed E-state index contributed by atoms with van der Waals surface area (Å²) in [5.41, 5.74) is 5.21. The topological polar surface area (TPSA) is 204 Å². The highest BCUT2D eigenvalue weighted by Crippen LogP contribution is 2.46. The van der Waals surface area contributed by atoms with Gasteiger partial charge in [0.25, 0.3) is 0 Å². The number of unbranched alkanes of at least 4 members (excludes halogenated alkanes) is 15. The summed E-state index contributed by atoms with van der Waals surface area (Å²) in [6.07, 6.45) is 16.4. The second-order valence-corrected chi connectivity index (χ2v) is 15.9. The van der Waals surface area contributed by atoms with Crippen molar-refractivity contribution in [3.05, 3.63) is 60.0 Å². The molecule has 1 aliphatic rings. The van der Waals surface area contributed by atoms with E-state index in [4.69, 9.17) is 29.0 Å². The second-order valence-electron chi connectivity index (χ2n) is 14.5. The number of nitrogens with two attached hydrogens (primary N) is 1. The number of hydrogen-bond acceptors (Lipinski definition) is 12. The van der Waals surface area contributed by atoms with Crippen LogP contribution >= 0.6 is 7.82 Å². The Morgan fingerprint density at radius 1 is 0.909 bits per heavy atom. The number of aliphatic hydroxyl groups is 2. The number of hydrogen-bond donors (Lipinski definition) is 4. The molecule has 1 aromatic carbocycles. The molecule has 4 rings (SSSR count). The number of aliphatic hydroxyl groups excluding tert-OH is 2. The van der Waals surface area contributed by atoms with Crippen LogP contribution < -0.4 is 5.73 Å². The van der Waals surface area contributed by atoms with Crippen LogP contribution in [0, 0.1) is 11.3 Å². The van der Waals surface area contributed by atoms with Crippen molar-refractivity contribution in [3.8, 4) is 6.07 Å². The van der Waals surface area contributed by atoms with Crippen LogP contribution in [-0.2, 0) is 40.0 Å². The van der Waals surface area contributed by atoms with E-state index in [2.05, 4.69) is 17.0 Å². The summed E-state index contributed by atoms with van der Waals surface area (Å²) in [7, 11) is -4.71. The lowest BCUT2D eigenvalue weighted by Crippen LogP contribution is -2.41. The van der Waals surface area contributed by atoms with Gasteiger partial charge < -0.3 is 35.1 Å². The van der Waals surface area contributed by atoms with Crippen molar-refractivity contribution in [3.63, 3.8) is 0 Å². The van der Waals surface area contributed by atoms with Gasteiger partial charge in [0.1, 0.15) is 42.3 Å². The molecule has 1 unspecified atom stereocenters. The van der Waals surface area contributed by atoms with Gasteiger partial charge in [-0.1, -0.05) is 134 Å². The zero-order valence-electron chi connectivity index (χ0n) is 32.4. The minimum Gasteiger partial charge on any atom is -0.387 e. The Morgan fingerprint density at radius 2 is 1.53 bits per heavy atom. The number of rotatable bonds is 29. The smallest absolute Gasteiger partial charge is 0.387 e. The summed E-state index contributed by atoms with van der Waals surface area (Å²) < 4.78 is 42.5. The number of benzene rings is 1. The summed E-state index contributed by atoms with van der Waals surface area (Å²) >= 11 is 0. The maximum absolute atomic E-state index is 13.0. The van der Waals surface area contributed by atoms with E-state index in [-0.39, 0.29) is 31.3 Å². The minimum atomic E-state index is -4.71. The van der Waals surface area contributed by atoms with E-state index >= 15 is 0 Å². The molecule has 0 radical (unpaired) electrons. The third-order valence-electron chi connectivity index (χ3n) is 10.1. The Labute approximate surface area is 325 Å². The van der Waals surface area contributed by atoms with Crippen molar-refractivity contribution in [1.82, 2.24) is 14.6 Å². The molecule has 55 heavy (non-hydrogen) atoms. The molecule has 6 atom stereocenters. The van der Waals surface area contributed by atoms with Crippen LogP contribution in [0.5, 0.6) is 0 Å². The number of fused-ring (bicyclic) bond motifs is 1. The van der Waals surface area contributed by atoms with E-state index in [1.165, 1.54) is 107 Å². The fourth-order valence-corrected chi connectivity index (χ4v) is 7.60. The highest BCUT2D eigenvalue weighted by Gasteiger charge is 2.58. The molecule has 2 aromatic heterocycles. The van der Waals surface area contributed by atoms with Crippen LogP contribution in [0.2, 0.25) is 0 Å². The Morgan fingerprint density at radius 3 is 2.15 bits per heavy atom. The minimum absolute atomic E-state index is 0.0922. The van der Waals surface area contributed by atoms with Crippen LogP contribution in [0.25, 0.3) is 5.52 Å². The van der Waals surface area contributed by atoms with Crippen LogP contribution in [0.15, 0.2) is 48.8 Å². The van der Waals surface area contributed by atoms with Gasteiger partial charge in [0, 0.05) is 6.61 Å². The highest BCUT2D eigenvalue weighted by atomic mass is 31.2. The van der Waals surface area contributed by atoms with E-state index in [9.17, 15) is 24.9 Å². The first-order chi connectivity index (χ1) is 26.7. The van der Waals surface area contributed by atoms with Crippen molar-refractivity contribution < 1.29 is 42.9 Å². The Kier molecular flexibility index (Phi) is 19.5. The average Bonchev–Trinajstić information content (AvgIpc) is 3.74. The van der Waals surface area contributed by atoms with Crippen LogP contribution in [0.1, 0.15) is 121 Å². The number of nitrogens with zero attached hydrogens (tertiary/aromatic N) is 4. The summed E-state index contributed by atoms with van der Waals surface area (Å²) in [6, 6.07) is 14.5. The highest BCUT2D eigenvalue weighted by molar-refractivity contribution is 7.47. The van der Waals surface area contributed by atoms with Gasteiger partial charge in [0.2, 0.25) is 5.60 Å². The van der Waals surface area contributed by atoms with Gasteiger partial charge >= 0.3 is 7.82 Å². The molecule has 0 saturated carbocycles. The number of nitriles is 1. The van der Waals surface area contributed by atoms with Gasteiger partial charge in [0.15, 0.2) is 5.82 Å². The quantitative estimate of drug-likeness (QED) is 0.0408. The van der Waals surface area contributed by atoms with E-state index < -0.39 is 44.4 Å². The molecule has 306 valence electrons. The van der Waals surface area contributed by atoms with Crippen LogP contribution in [0.3, 0.4) is 0 Å². The lowest BCUT2D eigenvalue weighted by molar-refractivity contribution is -0.0690. The number of ether oxygens (including phenoxy) is 3. The third kappa shape index (κ3) is 14.2. The molecule has 15 heteroatoms. The number of aromatic nitrogens is 3. The Hall–Kier alpha value is -2.96. The van der Waals surface area contributed by atoms with Crippen molar-refractivity contribution >= 4 is 19.2 Å². The van der Waals surface area contributed by atoms with Crippen LogP contribution in [-0.4, -0.2) is 80.5 Å². The largest absolute Gasteiger partial charge is 0.472 e. The van der Waals surface area contributed by atoms with E-state index in [1.807, 2.05) is 36.4 Å². The molecule has 0 aliphatic carbocycles. The molecule has 0 spiro atoms. The SMILES string of the molecule is CCCCCCCCCCCCCCCCCCOC[C@@H](COP(=O)(O)OC[C@H]1O[C@@](C#N)(c2ccc3c(N)ncnn23)[C@H](O)[C@@H]1O)OCc1ccccc1. The zero-order valence-corrected chi connectivity index (χ0v) is 33.3. The number of phosphoric acid groups is 1. The first-order valence-corrected chi connectivity index (χ1v) is 21.6. The Bertz CT molecular complexity index is 1610. The van der Waals surface area contributed by atoms with Gasteiger partial charge in [-0.05, 0) is 24.1 Å². The molecule has 3 heterocycles. The summed E-state index contributed by atoms with van der Waals surface area (Å²) in [6.45, 7) is 2.21. The lowest BCUT2D eigenvalue weighted by Gasteiger charge is -2.24. The fraction of sp³-hybridized carbons (Fsp3) is 0.675. The van der Waals surface area contributed by atoms with E-state index in [0.717, 1.165) is 18.4 Å². The van der Waals surface area contributed by atoms with Gasteiger partial charge in [-0.15, -0.1) is 0 Å². The zero-order chi connectivity index (χ0) is 39.4. The van der Waals surface area contributed by atoms with Gasteiger partial charge in [-0.3, -0.25) is 9.05 Å². The van der Waals surface area contributed by atoms with Crippen LogP contribution in [0.4, 0.5) is 5.82 Å². The molecule has 14 nitrogen and oxygen atoms in total. The molecule has 0 amide bonds. The third-order valence-corrected chi connectivity index (χ3v) is 11.0. The number of nitrogen functional groups attached to an aromatic ring is 1. The second kappa shape index (κ2) is 24.0. The number of anilines is 1. The summed E-state index contributed by atoms with van der Waals surface area (Å²) in [5.74, 6) is 0.136. The monoisotopic (exact) mass is 787 g/mol. The molecule has 5 N–H and O–H groups in total. The maximum atomic E-state index is 13.0. The first-order valence-electron chi connectivity index (χ1n) is 20.1. The molecule has 1 fully saturated rings. The summed E-state index contributed by atoms with van der Waals surface area (Å²) in [4.78, 5) is 14.5. The number of phosphoric ester groups is 1. The molecule has 3 aromatic rings. The molecule has 1 saturated heterocycles. The molecular formula is C40H62N5O9P.